The predicted molar refractivity (Wildman–Crippen MR) is 163 cm³/mol. The molecular formula is C30H38F2N8O3. The van der Waals surface area contributed by atoms with Crippen LogP contribution in [0.5, 0.6) is 5.75 Å². The Morgan fingerprint density at radius 1 is 1.16 bits per heavy atom. The lowest BCUT2D eigenvalue weighted by Gasteiger charge is -2.31. The molecule has 0 bridgehead atoms. The van der Waals surface area contributed by atoms with Crippen LogP contribution in [0, 0.1) is 11.6 Å². The van der Waals surface area contributed by atoms with Gasteiger partial charge < -0.3 is 35.6 Å². The Morgan fingerprint density at radius 2 is 1.84 bits per heavy atom. The van der Waals surface area contributed by atoms with Crippen molar-refractivity contribution in [2.45, 2.75) is 44.8 Å². The van der Waals surface area contributed by atoms with Gasteiger partial charge in [-0.05, 0) is 58.5 Å². The molecule has 1 saturated heterocycles. The molecule has 2 unspecified atom stereocenters. The number of rotatable bonds is 12. The van der Waals surface area contributed by atoms with E-state index in [0.717, 1.165) is 43.8 Å². The SMILES string of the molecule is C=CC(=O)Nc1cc(Nc2ncnc(Nc3cc(F)c(F)cc3C(C)(O)CC)n2)c(OC)cc1N1CCCC1CN(C)C. The minimum atomic E-state index is -1.44. The highest BCUT2D eigenvalue weighted by atomic mass is 19.2. The third-order valence-electron chi connectivity index (χ3n) is 7.42. The lowest BCUT2D eigenvalue weighted by atomic mass is 9.91. The first-order valence-corrected chi connectivity index (χ1v) is 14.0. The van der Waals surface area contributed by atoms with Crippen molar-refractivity contribution in [1.29, 1.82) is 0 Å². The summed E-state index contributed by atoms with van der Waals surface area (Å²) in [7, 11) is 5.60. The van der Waals surface area contributed by atoms with Gasteiger partial charge >= 0.3 is 0 Å². The molecule has 3 aromatic rings. The Hall–Kier alpha value is -4.36. The van der Waals surface area contributed by atoms with Gasteiger partial charge in [0.2, 0.25) is 17.8 Å². The molecule has 2 atom stereocenters. The number of carbonyl (C=O) groups is 1. The minimum Gasteiger partial charge on any atom is -0.494 e. The number of ether oxygens (including phenoxy) is 1. The number of nitrogens with zero attached hydrogens (tertiary/aromatic N) is 5. The summed E-state index contributed by atoms with van der Waals surface area (Å²) >= 11 is 0. The molecule has 13 heteroatoms. The van der Waals surface area contributed by atoms with Crippen molar-refractivity contribution in [3.63, 3.8) is 0 Å². The number of methoxy groups -OCH3 is 1. The number of amides is 1. The maximum atomic E-state index is 14.2. The van der Waals surface area contributed by atoms with Crippen molar-refractivity contribution < 1.29 is 23.4 Å². The zero-order chi connectivity index (χ0) is 31.3. The summed E-state index contributed by atoms with van der Waals surface area (Å²) in [6.45, 7) is 8.49. The van der Waals surface area contributed by atoms with Gasteiger partial charge in [-0.15, -0.1) is 0 Å². The van der Waals surface area contributed by atoms with Crippen LogP contribution in [-0.2, 0) is 10.4 Å². The van der Waals surface area contributed by atoms with E-state index >= 15 is 0 Å². The molecule has 0 spiro atoms. The van der Waals surface area contributed by atoms with Gasteiger partial charge in [-0.2, -0.15) is 4.98 Å². The van der Waals surface area contributed by atoms with Gasteiger partial charge in [-0.3, -0.25) is 4.79 Å². The second-order valence-electron chi connectivity index (χ2n) is 10.8. The van der Waals surface area contributed by atoms with E-state index in [-0.39, 0.29) is 41.5 Å². The number of hydrogen-bond donors (Lipinski definition) is 4. The van der Waals surface area contributed by atoms with Gasteiger partial charge in [0.05, 0.1) is 35.5 Å². The number of carbonyl (C=O) groups excluding carboxylic acids is 1. The maximum Gasteiger partial charge on any atom is 0.247 e. The zero-order valence-corrected chi connectivity index (χ0v) is 25.0. The lowest BCUT2D eigenvalue weighted by Crippen LogP contribution is -2.38. The second-order valence-corrected chi connectivity index (χ2v) is 10.8. The largest absolute Gasteiger partial charge is 0.494 e. The van der Waals surface area contributed by atoms with Crippen LogP contribution in [-0.4, -0.2) is 71.2 Å². The van der Waals surface area contributed by atoms with Gasteiger partial charge in [0.15, 0.2) is 11.6 Å². The van der Waals surface area contributed by atoms with Crippen molar-refractivity contribution in [2.75, 3.05) is 55.1 Å². The smallest absolute Gasteiger partial charge is 0.247 e. The number of benzene rings is 2. The summed E-state index contributed by atoms with van der Waals surface area (Å²) in [5, 5.41) is 19.7. The minimum absolute atomic E-state index is 0.0241. The molecule has 43 heavy (non-hydrogen) atoms. The van der Waals surface area contributed by atoms with E-state index in [1.807, 2.05) is 20.2 Å². The number of aromatic nitrogens is 3. The third-order valence-corrected chi connectivity index (χ3v) is 7.42. The van der Waals surface area contributed by atoms with E-state index in [1.54, 1.807) is 13.0 Å². The number of aliphatic hydroxyl groups is 1. The van der Waals surface area contributed by atoms with Crippen LogP contribution in [0.25, 0.3) is 0 Å². The lowest BCUT2D eigenvalue weighted by molar-refractivity contribution is -0.111. The van der Waals surface area contributed by atoms with Crippen LogP contribution in [0.1, 0.15) is 38.7 Å². The second kappa shape index (κ2) is 13.3. The summed E-state index contributed by atoms with van der Waals surface area (Å²) < 4.78 is 34.0. The van der Waals surface area contributed by atoms with Crippen LogP contribution in [0.15, 0.2) is 43.2 Å². The fourth-order valence-electron chi connectivity index (χ4n) is 5.07. The molecule has 4 rings (SSSR count). The molecule has 230 valence electrons. The van der Waals surface area contributed by atoms with Crippen molar-refractivity contribution in [1.82, 2.24) is 19.9 Å². The fourth-order valence-corrected chi connectivity index (χ4v) is 5.07. The molecule has 2 aromatic carbocycles. The van der Waals surface area contributed by atoms with Crippen LogP contribution in [0.3, 0.4) is 0 Å². The fraction of sp³-hybridized carbons (Fsp3) is 0.400. The topological polar surface area (TPSA) is 128 Å². The molecular weight excluding hydrogens is 558 g/mol. The molecule has 1 amide bonds. The Bertz CT molecular complexity index is 1480. The van der Waals surface area contributed by atoms with Gasteiger partial charge in [0, 0.05) is 36.8 Å². The molecule has 1 fully saturated rings. The van der Waals surface area contributed by atoms with E-state index in [0.29, 0.717) is 17.1 Å². The maximum absolute atomic E-state index is 14.2. The monoisotopic (exact) mass is 596 g/mol. The van der Waals surface area contributed by atoms with Crippen LogP contribution in [0.2, 0.25) is 0 Å². The van der Waals surface area contributed by atoms with Gasteiger partial charge in [0.1, 0.15) is 12.1 Å². The molecule has 2 heterocycles. The van der Waals surface area contributed by atoms with Crippen molar-refractivity contribution >= 4 is 40.6 Å². The molecule has 1 aliphatic rings. The molecule has 0 saturated carbocycles. The molecule has 11 nitrogen and oxygen atoms in total. The average molecular weight is 597 g/mol. The van der Waals surface area contributed by atoms with Crippen LogP contribution >= 0.6 is 0 Å². The number of nitrogens with one attached hydrogen (secondary N) is 3. The Morgan fingerprint density at radius 3 is 2.47 bits per heavy atom. The molecule has 0 aliphatic carbocycles. The van der Waals surface area contributed by atoms with E-state index in [4.69, 9.17) is 4.74 Å². The van der Waals surface area contributed by atoms with Crippen molar-refractivity contribution in [3.8, 4) is 5.75 Å². The predicted octanol–water partition coefficient (Wildman–Crippen LogP) is 4.92. The Balaban J connectivity index is 1.68. The van der Waals surface area contributed by atoms with Crippen molar-refractivity contribution in [3.05, 3.63) is 60.4 Å². The molecule has 1 aromatic heterocycles. The summed E-state index contributed by atoms with van der Waals surface area (Å²) in [6, 6.07) is 5.75. The van der Waals surface area contributed by atoms with Crippen molar-refractivity contribution in [2.24, 2.45) is 0 Å². The highest BCUT2D eigenvalue weighted by Gasteiger charge is 2.29. The number of hydrogen-bond acceptors (Lipinski definition) is 10. The van der Waals surface area contributed by atoms with Crippen LogP contribution < -0.4 is 25.6 Å². The first kappa shape index (κ1) is 31.6. The van der Waals surface area contributed by atoms with E-state index in [1.165, 1.54) is 26.4 Å². The Labute approximate surface area is 250 Å². The Kier molecular flexibility index (Phi) is 9.77. The average Bonchev–Trinajstić information content (AvgIpc) is 3.42. The molecule has 1 aliphatic heterocycles. The van der Waals surface area contributed by atoms with Gasteiger partial charge in [0.25, 0.3) is 0 Å². The summed E-state index contributed by atoms with van der Waals surface area (Å²) in [6.07, 6.45) is 4.73. The molecule has 4 N–H and O–H groups in total. The summed E-state index contributed by atoms with van der Waals surface area (Å²) in [4.78, 5) is 29.5. The third kappa shape index (κ3) is 7.35. The number of likely N-dealkylation sites (N-methyl/N-ethyl adjacent to an activating group) is 1. The van der Waals surface area contributed by atoms with E-state index < -0.39 is 17.2 Å². The summed E-state index contributed by atoms with van der Waals surface area (Å²) in [5.74, 6) is -1.91. The van der Waals surface area contributed by atoms with Gasteiger partial charge in [-0.25, -0.2) is 18.7 Å². The number of anilines is 6. The normalized spacial score (nSPS) is 16.1. The zero-order valence-electron chi connectivity index (χ0n) is 25.0. The van der Waals surface area contributed by atoms with E-state index in [9.17, 15) is 18.7 Å². The standard InChI is InChI=1S/C30H38F2N8O3/c1-7-27(41)35-23-14-24(26(43-6)15-25(23)40-11-9-10-18(40)16-39(4)5)37-29-34-17-33-28(38-29)36-22-13-21(32)20(31)12-19(22)30(3,42)8-2/h7,12-15,17-18,42H,1,8-11,16H2,2-6H3,(H,35,41)(H2,33,34,36,37,38). The first-order valence-electron chi connectivity index (χ1n) is 14.0. The quantitative estimate of drug-likeness (QED) is 0.214. The first-order chi connectivity index (χ1) is 20.4. The highest BCUT2D eigenvalue weighted by molar-refractivity contribution is 6.02. The van der Waals surface area contributed by atoms with Crippen LogP contribution in [0.4, 0.5) is 43.4 Å². The molecule has 0 radical (unpaired) electrons. The van der Waals surface area contributed by atoms with Gasteiger partial charge in [-0.1, -0.05) is 13.5 Å². The number of halogens is 2. The summed E-state index contributed by atoms with van der Waals surface area (Å²) in [5.41, 5.74) is 0.657. The van der Waals surface area contributed by atoms with E-state index in [2.05, 4.69) is 47.3 Å². The highest BCUT2D eigenvalue weighted by Crippen LogP contribution is 2.41.